The third-order valence-electron chi connectivity index (χ3n) is 7.06. The summed E-state index contributed by atoms with van der Waals surface area (Å²) in [4.78, 5) is 27.4. The highest BCUT2D eigenvalue weighted by Crippen LogP contribution is 2.40. The van der Waals surface area contributed by atoms with Crippen molar-refractivity contribution in [3.05, 3.63) is 24.2 Å². The first-order valence-electron chi connectivity index (χ1n) is 12.7. The van der Waals surface area contributed by atoms with E-state index in [4.69, 9.17) is 14.2 Å². The van der Waals surface area contributed by atoms with Crippen LogP contribution in [0.5, 0.6) is 11.6 Å². The van der Waals surface area contributed by atoms with Crippen LogP contribution in [-0.2, 0) is 14.6 Å². The first-order valence-corrected chi connectivity index (χ1v) is 14.2. The van der Waals surface area contributed by atoms with E-state index in [0.717, 1.165) is 12.8 Å². The summed E-state index contributed by atoms with van der Waals surface area (Å²) in [5, 5.41) is 2.96. The summed E-state index contributed by atoms with van der Waals surface area (Å²) < 4.78 is 42.4. The highest BCUT2D eigenvalue weighted by molar-refractivity contribution is 7.92. The topological polar surface area (TPSA) is 133 Å². The Morgan fingerprint density at radius 1 is 1.11 bits per heavy atom. The van der Waals surface area contributed by atoms with Crippen LogP contribution in [0.3, 0.4) is 0 Å². The van der Waals surface area contributed by atoms with Crippen LogP contribution >= 0.6 is 0 Å². The third-order valence-corrected chi connectivity index (χ3v) is 9.22. The molecule has 2 aliphatic heterocycles. The number of ether oxygens (including phenoxy) is 3. The number of amides is 1. The van der Waals surface area contributed by atoms with E-state index in [1.807, 2.05) is 18.7 Å². The summed E-state index contributed by atoms with van der Waals surface area (Å²) >= 11 is 0. The Morgan fingerprint density at radius 2 is 1.81 bits per heavy atom. The number of hydrogen-bond acceptors (Lipinski definition) is 10. The maximum Gasteiger partial charge on any atom is 0.410 e. The van der Waals surface area contributed by atoms with Gasteiger partial charge in [0, 0.05) is 24.9 Å². The first-order chi connectivity index (χ1) is 17.7. The average molecular weight is 532 g/mol. The Labute approximate surface area is 216 Å². The van der Waals surface area contributed by atoms with Crippen molar-refractivity contribution in [1.82, 2.24) is 19.9 Å². The van der Waals surface area contributed by atoms with Crippen LogP contribution in [0.15, 0.2) is 23.5 Å². The van der Waals surface area contributed by atoms with E-state index in [-0.39, 0.29) is 40.7 Å². The van der Waals surface area contributed by atoms with E-state index in [9.17, 15) is 13.2 Å². The van der Waals surface area contributed by atoms with Gasteiger partial charge in [0.05, 0.1) is 29.8 Å². The van der Waals surface area contributed by atoms with E-state index in [2.05, 4.69) is 20.3 Å². The lowest BCUT2D eigenvalue weighted by Crippen LogP contribution is -2.49. The van der Waals surface area contributed by atoms with Crippen LogP contribution in [0.1, 0.15) is 58.1 Å². The predicted molar refractivity (Wildman–Crippen MR) is 135 cm³/mol. The zero-order chi connectivity index (χ0) is 26.3. The Kier molecular flexibility index (Phi) is 6.86. The summed E-state index contributed by atoms with van der Waals surface area (Å²) in [6.07, 6.45) is 5.42. The molecule has 2 unspecified atom stereocenters. The molecule has 4 heterocycles. The molecule has 0 radical (unpaired) electrons. The largest absolute Gasteiger partial charge is 0.489 e. The highest BCUT2D eigenvalue weighted by Gasteiger charge is 2.45. The lowest BCUT2D eigenvalue weighted by Gasteiger charge is -2.38. The zero-order valence-electron chi connectivity index (χ0n) is 21.5. The van der Waals surface area contributed by atoms with Crippen molar-refractivity contribution in [2.75, 3.05) is 12.4 Å². The predicted octanol–water partition coefficient (Wildman–Crippen LogP) is 3.79. The summed E-state index contributed by atoms with van der Waals surface area (Å²) in [6.45, 7) is 5.45. The second-order valence-electron chi connectivity index (χ2n) is 10.1. The molecule has 11 nitrogen and oxygen atoms in total. The van der Waals surface area contributed by atoms with E-state index in [0.29, 0.717) is 54.5 Å². The normalized spacial score (nSPS) is 23.2. The molecule has 2 aromatic heterocycles. The minimum atomic E-state index is -3.37. The first kappa shape index (κ1) is 25.5. The smallest absolute Gasteiger partial charge is 0.410 e. The molecule has 2 bridgehead atoms. The van der Waals surface area contributed by atoms with Crippen molar-refractivity contribution in [3.63, 3.8) is 0 Å². The van der Waals surface area contributed by atoms with Crippen LogP contribution in [0.4, 0.5) is 16.3 Å². The monoisotopic (exact) mass is 531 g/mol. The Morgan fingerprint density at radius 3 is 2.41 bits per heavy atom. The molecule has 37 heavy (non-hydrogen) atoms. The molecular weight excluding hydrogens is 498 g/mol. The van der Waals surface area contributed by atoms with Crippen LogP contribution in [-0.4, -0.2) is 71.0 Å². The molecule has 1 aliphatic carbocycles. The quantitative estimate of drug-likeness (QED) is 0.536. The van der Waals surface area contributed by atoms with Gasteiger partial charge in [-0.1, -0.05) is 0 Å². The molecule has 12 heteroatoms. The Hall–Kier alpha value is -3.15. The lowest BCUT2D eigenvalue weighted by molar-refractivity contribution is 0.0202. The number of fused-ring (bicyclic) bond motifs is 2. The van der Waals surface area contributed by atoms with Crippen LogP contribution < -0.4 is 14.8 Å². The number of aryl methyl sites for hydroxylation is 1. The van der Waals surface area contributed by atoms with Gasteiger partial charge in [-0.25, -0.2) is 23.2 Å². The molecule has 1 saturated carbocycles. The summed E-state index contributed by atoms with van der Waals surface area (Å²) in [5.41, 5.74) is 1.13. The molecule has 0 spiro atoms. The average Bonchev–Trinajstić information content (AvgIpc) is 3.66. The number of nitrogens with one attached hydrogen (secondary N) is 1. The number of rotatable bonds is 8. The number of aromatic nitrogens is 3. The number of carbonyl (C=O) groups is 1. The van der Waals surface area contributed by atoms with Crippen LogP contribution in [0.25, 0.3) is 0 Å². The number of pyridine rings is 1. The summed E-state index contributed by atoms with van der Waals surface area (Å²) in [6, 6.07) is 3.34. The van der Waals surface area contributed by atoms with Crippen molar-refractivity contribution in [1.29, 1.82) is 0 Å². The fourth-order valence-electron chi connectivity index (χ4n) is 5.16. The molecule has 2 atom stereocenters. The van der Waals surface area contributed by atoms with Crippen molar-refractivity contribution in [2.24, 2.45) is 0 Å². The number of anilines is 2. The van der Waals surface area contributed by atoms with Gasteiger partial charge in [-0.05, 0) is 58.6 Å². The Bertz CT molecular complexity index is 1270. The van der Waals surface area contributed by atoms with Crippen LogP contribution in [0, 0.1) is 6.92 Å². The third kappa shape index (κ3) is 5.16. The second kappa shape index (κ2) is 9.96. The molecule has 1 amide bonds. The second-order valence-corrected chi connectivity index (χ2v) is 12.3. The van der Waals surface area contributed by atoms with Gasteiger partial charge in [-0.15, -0.1) is 0 Å². The molecule has 2 aromatic rings. The van der Waals surface area contributed by atoms with Crippen molar-refractivity contribution in [2.45, 2.75) is 93.9 Å². The van der Waals surface area contributed by atoms with E-state index < -0.39 is 9.84 Å². The number of piperidine rings is 1. The van der Waals surface area contributed by atoms with Gasteiger partial charge in [0.15, 0.2) is 20.7 Å². The minimum absolute atomic E-state index is 0.0691. The standard InChI is InChI=1S/C25H33N5O6S/c1-14(2)35-25(31)30-16-5-6-17(30)12-18(11-16)36-24-22(34-4)23(26-13-27-24)29-20-9-10-21(28-15(20)3)37(32,33)19-7-8-19/h9-10,13-14,16-19H,5-8,11-12H2,1-4H3,(H,26,27,29). The van der Waals surface area contributed by atoms with Crippen molar-refractivity contribution < 1.29 is 27.4 Å². The molecule has 200 valence electrons. The number of hydrogen-bond donors (Lipinski definition) is 1. The maximum atomic E-state index is 12.6. The van der Waals surface area contributed by atoms with Crippen molar-refractivity contribution in [3.8, 4) is 11.6 Å². The van der Waals surface area contributed by atoms with E-state index in [1.54, 1.807) is 13.0 Å². The van der Waals surface area contributed by atoms with Gasteiger partial charge in [0.1, 0.15) is 12.4 Å². The minimum Gasteiger partial charge on any atom is -0.489 e. The van der Waals surface area contributed by atoms with E-state index in [1.165, 1.54) is 19.5 Å². The summed E-state index contributed by atoms with van der Waals surface area (Å²) in [5.74, 6) is 1.03. The molecular formula is C25H33N5O6S. The van der Waals surface area contributed by atoms with Gasteiger partial charge in [-0.3, -0.25) is 0 Å². The van der Waals surface area contributed by atoms with Crippen molar-refractivity contribution >= 4 is 27.4 Å². The zero-order valence-corrected chi connectivity index (χ0v) is 22.3. The van der Waals surface area contributed by atoms with E-state index >= 15 is 0 Å². The number of carbonyl (C=O) groups excluding carboxylic acids is 1. The molecule has 5 rings (SSSR count). The molecule has 1 N–H and O–H groups in total. The molecule has 2 saturated heterocycles. The van der Waals surface area contributed by atoms with Gasteiger partial charge in [0.2, 0.25) is 5.75 Å². The lowest BCUT2D eigenvalue weighted by atomic mass is 10.0. The number of methoxy groups -OCH3 is 1. The molecule has 0 aromatic carbocycles. The number of sulfone groups is 1. The van der Waals surface area contributed by atoms with Gasteiger partial charge in [-0.2, -0.15) is 4.98 Å². The fraction of sp³-hybridized carbons (Fsp3) is 0.600. The Balaban J connectivity index is 1.30. The summed E-state index contributed by atoms with van der Waals surface area (Å²) in [7, 11) is -1.86. The maximum absolute atomic E-state index is 12.6. The van der Waals surface area contributed by atoms with Gasteiger partial charge >= 0.3 is 6.09 Å². The number of nitrogens with zero attached hydrogens (tertiary/aromatic N) is 4. The SMILES string of the molecule is COc1c(Nc2ccc(S(=O)(=O)C3CC3)nc2C)ncnc1OC1CC2CCC(C1)N2C(=O)OC(C)C. The van der Waals surface area contributed by atoms with Gasteiger partial charge < -0.3 is 24.4 Å². The molecule has 3 fully saturated rings. The van der Waals surface area contributed by atoms with Crippen LogP contribution in [0.2, 0.25) is 0 Å². The van der Waals surface area contributed by atoms with Gasteiger partial charge in [0.25, 0.3) is 5.88 Å². The highest BCUT2D eigenvalue weighted by atomic mass is 32.2. The fourth-order valence-corrected chi connectivity index (χ4v) is 6.78. The molecule has 3 aliphatic rings.